The molecule has 0 heterocycles. The highest BCUT2D eigenvalue weighted by atomic mass is 16.5. The topological polar surface area (TPSA) is 29.5 Å². The fourth-order valence-corrected chi connectivity index (χ4v) is 2.29. The van der Waals surface area contributed by atoms with Crippen LogP contribution in [0.1, 0.15) is 23.2 Å². The number of benzene rings is 2. The van der Waals surface area contributed by atoms with Crippen LogP contribution in [0, 0.1) is 0 Å². The van der Waals surface area contributed by atoms with Crippen molar-refractivity contribution < 1.29 is 9.53 Å². The van der Waals surface area contributed by atoms with Crippen LogP contribution < -0.4 is 9.64 Å². The number of hydrogen-bond donors (Lipinski definition) is 0. The van der Waals surface area contributed by atoms with Gasteiger partial charge in [-0.05, 0) is 49.2 Å². The van der Waals surface area contributed by atoms with Gasteiger partial charge in [0.05, 0.1) is 7.11 Å². The molecular weight excluding hydrogens is 250 g/mol. The molecule has 3 rings (SSSR count). The fraction of sp³-hybridized carbons (Fsp3) is 0.235. The van der Waals surface area contributed by atoms with E-state index >= 15 is 0 Å². The Balaban J connectivity index is 1.89. The van der Waals surface area contributed by atoms with Gasteiger partial charge >= 0.3 is 0 Å². The second kappa shape index (κ2) is 5.37. The number of rotatable bonds is 4. The summed E-state index contributed by atoms with van der Waals surface area (Å²) in [6.45, 7) is 0. The molecule has 0 radical (unpaired) electrons. The number of para-hydroxylation sites is 1. The van der Waals surface area contributed by atoms with Crippen molar-refractivity contribution in [2.24, 2.45) is 0 Å². The monoisotopic (exact) mass is 267 g/mol. The van der Waals surface area contributed by atoms with Gasteiger partial charge < -0.3 is 9.64 Å². The SMILES string of the molecule is COc1ccc(C(=O)N(c2ccccc2)C2CC2)cc1. The first-order valence-corrected chi connectivity index (χ1v) is 6.82. The Morgan fingerprint density at radius 3 is 2.25 bits per heavy atom. The molecule has 2 aromatic rings. The van der Waals surface area contributed by atoms with Gasteiger partial charge in [-0.25, -0.2) is 0 Å². The maximum atomic E-state index is 12.7. The first-order chi connectivity index (χ1) is 9.79. The fourth-order valence-electron chi connectivity index (χ4n) is 2.29. The molecule has 0 aliphatic heterocycles. The molecule has 0 unspecified atom stereocenters. The minimum atomic E-state index is 0.0568. The van der Waals surface area contributed by atoms with Gasteiger partial charge in [0.25, 0.3) is 5.91 Å². The smallest absolute Gasteiger partial charge is 0.258 e. The number of nitrogens with zero attached hydrogens (tertiary/aromatic N) is 1. The number of carbonyl (C=O) groups excluding carboxylic acids is 1. The van der Waals surface area contributed by atoms with E-state index < -0.39 is 0 Å². The Morgan fingerprint density at radius 1 is 1.05 bits per heavy atom. The number of anilines is 1. The zero-order valence-corrected chi connectivity index (χ0v) is 11.5. The maximum absolute atomic E-state index is 12.7. The first kappa shape index (κ1) is 12.7. The summed E-state index contributed by atoms with van der Waals surface area (Å²) in [7, 11) is 1.62. The van der Waals surface area contributed by atoms with Gasteiger partial charge in [0.2, 0.25) is 0 Å². The number of carbonyl (C=O) groups is 1. The van der Waals surface area contributed by atoms with Crippen LogP contribution >= 0.6 is 0 Å². The predicted molar refractivity (Wildman–Crippen MR) is 79.3 cm³/mol. The molecule has 1 fully saturated rings. The van der Waals surface area contributed by atoms with E-state index in [1.54, 1.807) is 7.11 Å². The summed E-state index contributed by atoms with van der Waals surface area (Å²) in [5.41, 5.74) is 1.66. The van der Waals surface area contributed by atoms with Gasteiger partial charge in [-0.3, -0.25) is 4.79 Å². The normalized spacial score (nSPS) is 13.8. The average molecular weight is 267 g/mol. The summed E-state index contributed by atoms with van der Waals surface area (Å²) in [6, 6.07) is 17.5. The molecule has 0 N–H and O–H groups in total. The lowest BCUT2D eigenvalue weighted by atomic mass is 10.1. The highest BCUT2D eigenvalue weighted by Crippen LogP contribution is 2.33. The van der Waals surface area contributed by atoms with Crippen LogP contribution in [0.15, 0.2) is 54.6 Å². The van der Waals surface area contributed by atoms with Gasteiger partial charge in [0.15, 0.2) is 0 Å². The number of ether oxygens (including phenoxy) is 1. The minimum Gasteiger partial charge on any atom is -0.497 e. The molecule has 20 heavy (non-hydrogen) atoms. The molecule has 1 aliphatic rings. The van der Waals surface area contributed by atoms with Crippen molar-refractivity contribution in [3.63, 3.8) is 0 Å². The molecular formula is C17H17NO2. The van der Waals surface area contributed by atoms with Crippen molar-refractivity contribution in [2.45, 2.75) is 18.9 Å². The molecule has 0 saturated heterocycles. The van der Waals surface area contributed by atoms with Crippen molar-refractivity contribution in [3.05, 3.63) is 60.2 Å². The van der Waals surface area contributed by atoms with Crippen molar-refractivity contribution in [1.82, 2.24) is 0 Å². The summed E-state index contributed by atoms with van der Waals surface area (Å²) in [4.78, 5) is 14.6. The molecule has 1 aliphatic carbocycles. The van der Waals surface area contributed by atoms with E-state index in [9.17, 15) is 4.79 Å². The van der Waals surface area contributed by atoms with Crippen LogP contribution in [-0.2, 0) is 0 Å². The van der Waals surface area contributed by atoms with Crippen LogP contribution in [0.2, 0.25) is 0 Å². The second-order valence-corrected chi connectivity index (χ2v) is 4.97. The summed E-state index contributed by atoms with van der Waals surface area (Å²) >= 11 is 0. The van der Waals surface area contributed by atoms with E-state index in [1.165, 1.54) is 0 Å². The Labute approximate surface area is 118 Å². The van der Waals surface area contributed by atoms with Crippen LogP contribution in [0.3, 0.4) is 0 Å². The summed E-state index contributed by atoms with van der Waals surface area (Å²) in [5.74, 6) is 0.820. The highest BCUT2D eigenvalue weighted by Gasteiger charge is 2.34. The third-order valence-corrected chi connectivity index (χ3v) is 3.50. The van der Waals surface area contributed by atoms with Crippen molar-refractivity contribution in [2.75, 3.05) is 12.0 Å². The molecule has 1 amide bonds. The van der Waals surface area contributed by atoms with Gasteiger partial charge in [-0.2, -0.15) is 0 Å². The third kappa shape index (κ3) is 2.52. The summed E-state index contributed by atoms with van der Waals surface area (Å²) < 4.78 is 5.13. The van der Waals surface area contributed by atoms with Crippen LogP contribution in [0.5, 0.6) is 5.75 Å². The van der Waals surface area contributed by atoms with Crippen LogP contribution in [0.4, 0.5) is 5.69 Å². The highest BCUT2D eigenvalue weighted by molar-refractivity contribution is 6.06. The van der Waals surface area contributed by atoms with E-state index in [1.807, 2.05) is 59.5 Å². The minimum absolute atomic E-state index is 0.0568. The number of methoxy groups -OCH3 is 1. The van der Waals surface area contributed by atoms with E-state index in [0.29, 0.717) is 11.6 Å². The standard InChI is InChI=1S/C17H17NO2/c1-20-16-11-7-13(8-12-16)17(19)18(15-9-10-15)14-5-3-2-4-6-14/h2-8,11-12,15H,9-10H2,1H3. The average Bonchev–Trinajstić information content (AvgIpc) is 3.33. The van der Waals surface area contributed by atoms with Crippen molar-refractivity contribution in [1.29, 1.82) is 0 Å². The Hall–Kier alpha value is -2.29. The van der Waals surface area contributed by atoms with Gasteiger partial charge in [0, 0.05) is 17.3 Å². The van der Waals surface area contributed by atoms with E-state index in [2.05, 4.69) is 0 Å². The first-order valence-electron chi connectivity index (χ1n) is 6.82. The lowest BCUT2D eigenvalue weighted by Crippen LogP contribution is -2.32. The predicted octanol–water partition coefficient (Wildman–Crippen LogP) is 3.50. The Morgan fingerprint density at radius 2 is 1.70 bits per heavy atom. The van der Waals surface area contributed by atoms with Gasteiger partial charge in [-0.1, -0.05) is 18.2 Å². The third-order valence-electron chi connectivity index (χ3n) is 3.50. The summed E-state index contributed by atoms with van der Waals surface area (Å²) in [5, 5.41) is 0. The molecule has 3 heteroatoms. The van der Waals surface area contributed by atoms with E-state index in [-0.39, 0.29) is 5.91 Å². The quantitative estimate of drug-likeness (QED) is 0.848. The molecule has 0 spiro atoms. The molecule has 1 saturated carbocycles. The number of amides is 1. The molecule has 0 bridgehead atoms. The van der Waals surface area contributed by atoms with Crippen molar-refractivity contribution in [3.8, 4) is 5.75 Å². The van der Waals surface area contributed by atoms with Gasteiger partial charge in [-0.15, -0.1) is 0 Å². The lowest BCUT2D eigenvalue weighted by Gasteiger charge is -2.22. The lowest BCUT2D eigenvalue weighted by molar-refractivity contribution is 0.0985. The largest absolute Gasteiger partial charge is 0.497 e. The van der Waals surface area contributed by atoms with E-state index in [0.717, 1.165) is 24.3 Å². The number of hydrogen-bond acceptors (Lipinski definition) is 2. The van der Waals surface area contributed by atoms with Crippen LogP contribution in [0.25, 0.3) is 0 Å². The maximum Gasteiger partial charge on any atom is 0.258 e. The zero-order valence-electron chi connectivity index (χ0n) is 11.5. The Bertz CT molecular complexity index is 588. The molecule has 2 aromatic carbocycles. The molecule has 0 aromatic heterocycles. The Kier molecular flexibility index (Phi) is 3.42. The van der Waals surface area contributed by atoms with Crippen molar-refractivity contribution >= 4 is 11.6 Å². The van der Waals surface area contributed by atoms with Crippen LogP contribution in [-0.4, -0.2) is 19.1 Å². The van der Waals surface area contributed by atoms with Gasteiger partial charge in [0.1, 0.15) is 5.75 Å². The van der Waals surface area contributed by atoms with E-state index in [4.69, 9.17) is 4.74 Å². The molecule has 3 nitrogen and oxygen atoms in total. The summed E-state index contributed by atoms with van der Waals surface area (Å²) in [6.07, 6.45) is 2.16. The second-order valence-electron chi connectivity index (χ2n) is 4.97. The molecule has 102 valence electrons. The molecule has 0 atom stereocenters. The zero-order chi connectivity index (χ0) is 13.9.